The summed E-state index contributed by atoms with van der Waals surface area (Å²) >= 11 is 5.42. The van der Waals surface area contributed by atoms with Crippen molar-refractivity contribution in [1.29, 1.82) is 0 Å². The van der Waals surface area contributed by atoms with Crippen LogP contribution in [0.2, 0.25) is 0 Å². The topological polar surface area (TPSA) is 147 Å². The minimum absolute atomic E-state index is 0.128. The van der Waals surface area contributed by atoms with Crippen molar-refractivity contribution in [3.63, 3.8) is 0 Å². The molecule has 2 amide bonds. The summed E-state index contributed by atoms with van der Waals surface area (Å²) in [6, 6.07) is -0.638. The van der Waals surface area contributed by atoms with Crippen molar-refractivity contribution in [3.8, 4) is 0 Å². The number of nitrogens with one attached hydrogen (secondary N) is 1. The molecule has 2 aliphatic rings. The summed E-state index contributed by atoms with van der Waals surface area (Å²) in [5.74, 6) is -2.94. The van der Waals surface area contributed by atoms with E-state index >= 15 is 0 Å². The van der Waals surface area contributed by atoms with Crippen LogP contribution in [0.15, 0.2) is 0 Å². The monoisotopic (exact) mass is 474 g/mol. The van der Waals surface area contributed by atoms with Gasteiger partial charge in [-0.3, -0.25) is 24.1 Å². The van der Waals surface area contributed by atoms with Crippen molar-refractivity contribution in [1.82, 2.24) is 10.2 Å². The summed E-state index contributed by atoms with van der Waals surface area (Å²) in [6.07, 6.45) is -6.66. The number of carbonyl (C=O) groups is 5. The smallest absolute Gasteiger partial charge is 0.325 e. The molecule has 2 saturated heterocycles. The molecule has 2 rings (SSSR count). The maximum absolute atomic E-state index is 12.7. The predicted octanol–water partition coefficient (Wildman–Crippen LogP) is 0.201. The third kappa shape index (κ3) is 5.71. The number of carbonyl (C=O) groups excluding carboxylic acids is 5. The normalized spacial score (nSPS) is 29.1. The van der Waals surface area contributed by atoms with Gasteiger partial charge in [0.2, 0.25) is 0 Å². The first kappa shape index (κ1) is 25.5. The molecule has 32 heavy (non-hydrogen) atoms. The van der Waals surface area contributed by atoms with Crippen LogP contribution < -0.4 is 5.32 Å². The van der Waals surface area contributed by atoms with E-state index in [2.05, 4.69) is 5.32 Å². The average molecular weight is 474 g/mol. The van der Waals surface area contributed by atoms with Gasteiger partial charge in [0.15, 0.2) is 24.5 Å². The lowest BCUT2D eigenvalue weighted by Gasteiger charge is -2.46. The number of thiocarbonyl (C=S) groups is 1. The molecule has 0 aromatic heterocycles. The lowest BCUT2D eigenvalue weighted by Crippen LogP contribution is -2.67. The SMILES string of the molecule is CC(=O)OC[C@H]1O[C@@H](N2C(=O)NC(C)(C)C2=S)[C@H](OC(C)=O)[C@@H](OC(C)=O)[C@@H]1OC(C)=O. The Hall–Kier alpha value is -2.80. The molecule has 178 valence electrons. The first-order valence-corrected chi connectivity index (χ1v) is 10.1. The molecule has 2 fully saturated rings. The summed E-state index contributed by atoms with van der Waals surface area (Å²) in [6.45, 7) is 7.43. The van der Waals surface area contributed by atoms with Crippen molar-refractivity contribution in [2.45, 2.75) is 77.7 Å². The Balaban J connectivity index is 2.56. The molecule has 2 heterocycles. The van der Waals surface area contributed by atoms with Crippen LogP contribution in [0, 0.1) is 0 Å². The van der Waals surface area contributed by atoms with Crippen LogP contribution in [0.5, 0.6) is 0 Å². The second-order valence-corrected chi connectivity index (χ2v) is 8.21. The number of urea groups is 1. The third-order valence-electron chi connectivity index (χ3n) is 4.61. The molecule has 2 aliphatic heterocycles. The van der Waals surface area contributed by atoms with Gasteiger partial charge in [-0.15, -0.1) is 0 Å². The number of hydrogen-bond donors (Lipinski definition) is 1. The third-order valence-corrected chi connectivity index (χ3v) is 5.32. The standard InChI is InChI=1S/C19H26N2O10S/c1-8(22)27-7-12-13(28-9(2)23)14(29-10(3)24)15(30-11(4)25)16(31-12)21-17(32)19(5,6)20-18(21)26/h12-16H,7H2,1-6H3,(H,20,26)/t12-,13-,14+,15-,16-/m1/s1. The number of ether oxygens (including phenoxy) is 5. The van der Waals surface area contributed by atoms with Crippen LogP contribution in [0.4, 0.5) is 4.79 Å². The number of hydrogen-bond acceptors (Lipinski definition) is 11. The molecule has 0 radical (unpaired) electrons. The Labute approximate surface area is 189 Å². The average Bonchev–Trinajstić information content (AvgIpc) is 2.83. The molecule has 0 aliphatic carbocycles. The molecular formula is C19H26N2O10S. The Morgan fingerprint density at radius 2 is 1.44 bits per heavy atom. The van der Waals surface area contributed by atoms with Gasteiger partial charge in [-0.05, 0) is 13.8 Å². The van der Waals surface area contributed by atoms with Crippen molar-refractivity contribution in [2.75, 3.05) is 6.61 Å². The molecule has 0 bridgehead atoms. The van der Waals surface area contributed by atoms with Crippen molar-refractivity contribution in [2.24, 2.45) is 0 Å². The first-order valence-electron chi connectivity index (χ1n) is 9.71. The molecule has 0 aromatic rings. The van der Waals surface area contributed by atoms with E-state index in [0.717, 1.165) is 32.6 Å². The largest absolute Gasteiger partial charge is 0.463 e. The van der Waals surface area contributed by atoms with E-state index in [-0.39, 0.29) is 4.99 Å². The van der Waals surface area contributed by atoms with E-state index in [1.54, 1.807) is 13.8 Å². The second-order valence-electron chi connectivity index (χ2n) is 7.82. The van der Waals surface area contributed by atoms with Gasteiger partial charge in [-0.25, -0.2) is 4.79 Å². The summed E-state index contributed by atoms with van der Waals surface area (Å²) in [5, 5.41) is 2.68. The highest BCUT2D eigenvalue weighted by Crippen LogP contribution is 2.34. The Bertz CT molecular complexity index is 829. The highest BCUT2D eigenvalue weighted by atomic mass is 32.1. The number of amides is 2. The van der Waals surface area contributed by atoms with Gasteiger partial charge in [0, 0.05) is 27.7 Å². The maximum atomic E-state index is 12.7. The van der Waals surface area contributed by atoms with Gasteiger partial charge in [0.05, 0.1) is 5.54 Å². The van der Waals surface area contributed by atoms with E-state index in [9.17, 15) is 24.0 Å². The summed E-state index contributed by atoms with van der Waals surface area (Å²) in [5.41, 5.74) is -0.925. The quantitative estimate of drug-likeness (QED) is 0.320. The molecule has 12 nitrogen and oxygen atoms in total. The van der Waals surface area contributed by atoms with Crippen LogP contribution in [-0.4, -0.2) is 82.6 Å². The fourth-order valence-corrected chi connectivity index (χ4v) is 3.66. The van der Waals surface area contributed by atoms with E-state index in [0.29, 0.717) is 0 Å². The fraction of sp³-hybridized carbons (Fsp3) is 0.684. The van der Waals surface area contributed by atoms with E-state index in [1.165, 1.54) is 0 Å². The van der Waals surface area contributed by atoms with Crippen molar-refractivity contribution < 1.29 is 47.7 Å². The fourth-order valence-electron chi connectivity index (χ4n) is 3.42. The highest BCUT2D eigenvalue weighted by molar-refractivity contribution is 7.80. The number of nitrogens with zero attached hydrogens (tertiary/aromatic N) is 1. The highest BCUT2D eigenvalue weighted by Gasteiger charge is 2.58. The molecule has 0 saturated carbocycles. The summed E-state index contributed by atoms with van der Waals surface area (Å²) < 4.78 is 27.0. The minimum Gasteiger partial charge on any atom is -0.463 e. The van der Waals surface area contributed by atoms with Gasteiger partial charge in [-0.1, -0.05) is 12.2 Å². The van der Waals surface area contributed by atoms with Gasteiger partial charge < -0.3 is 29.0 Å². The maximum Gasteiger partial charge on any atom is 0.325 e. The van der Waals surface area contributed by atoms with Crippen molar-refractivity contribution >= 4 is 47.1 Å². The molecular weight excluding hydrogens is 448 g/mol. The molecule has 5 atom stereocenters. The van der Waals surface area contributed by atoms with E-state index in [4.69, 9.17) is 35.9 Å². The number of esters is 4. The molecule has 1 N–H and O–H groups in total. The predicted molar refractivity (Wildman–Crippen MR) is 109 cm³/mol. The Morgan fingerprint density at radius 3 is 1.88 bits per heavy atom. The second kappa shape index (κ2) is 9.77. The van der Waals surface area contributed by atoms with Crippen molar-refractivity contribution in [3.05, 3.63) is 0 Å². The molecule has 0 spiro atoms. The zero-order valence-electron chi connectivity index (χ0n) is 18.5. The number of rotatable bonds is 6. The first-order chi connectivity index (χ1) is 14.7. The van der Waals surface area contributed by atoms with Crippen LogP contribution in [0.3, 0.4) is 0 Å². The zero-order chi connectivity index (χ0) is 24.4. The zero-order valence-corrected chi connectivity index (χ0v) is 19.3. The lowest BCUT2D eigenvalue weighted by atomic mass is 9.96. The summed E-state index contributed by atoms with van der Waals surface area (Å²) in [7, 11) is 0. The van der Waals surface area contributed by atoms with Gasteiger partial charge in [0.1, 0.15) is 17.7 Å². The Kier molecular flexibility index (Phi) is 7.78. The van der Waals surface area contributed by atoms with Gasteiger partial charge in [0.25, 0.3) is 0 Å². The molecule has 13 heteroatoms. The van der Waals surface area contributed by atoms with E-state index in [1.807, 2.05) is 0 Å². The Morgan fingerprint density at radius 1 is 0.938 bits per heavy atom. The van der Waals surface area contributed by atoms with E-state index < -0.39 is 72.7 Å². The minimum atomic E-state index is -1.41. The summed E-state index contributed by atoms with van der Waals surface area (Å²) in [4.78, 5) is 60.8. The van der Waals surface area contributed by atoms with Crippen LogP contribution in [-0.2, 0) is 42.9 Å². The lowest BCUT2D eigenvalue weighted by molar-refractivity contribution is -0.266. The molecule has 0 aromatic carbocycles. The molecule has 0 unspecified atom stereocenters. The van der Waals surface area contributed by atoms with Gasteiger partial charge >= 0.3 is 29.9 Å². The van der Waals surface area contributed by atoms with Crippen LogP contribution in [0.25, 0.3) is 0 Å². The van der Waals surface area contributed by atoms with Crippen LogP contribution in [0.1, 0.15) is 41.5 Å². The van der Waals surface area contributed by atoms with Crippen LogP contribution >= 0.6 is 12.2 Å². The van der Waals surface area contributed by atoms with Gasteiger partial charge in [-0.2, -0.15) is 0 Å².